The van der Waals surface area contributed by atoms with Gasteiger partial charge in [0, 0.05) is 25.2 Å². The number of rotatable bonds is 8. The summed E-state index contributed by atoms with van der Waals surface area (Å²) in [7, 11) is 6.60. The first-order valence-electron chi connectivity index (χ1n) is 12.5. The molecule has 2 atom stereocenters. The van der Waals surface area contributed by atoms with Crippen LogP contribution in [-0.2, 0) is 24.2 Å². The maximum Gasteiger partial charge on any atom is 0.227 e. The van der Waals surface area contributed by atoms with E-state index in [2.05, 4.69) is 28.9 Å². The van der Waals surface area contributed by atoms with Crippen LogP contribution in [-0.4, -0.2) is 69.3 Å². The molecule has 2 aliphatic heterocycles. The first-order chi connectivity index (χ1) is 17.0. The second-order valence-corrected chi connectivity index (χ2v) is 9.45. The third-order valence-electron chi connectivity index (χ3n) is 7.54. The topological polar surface area (TPSA) is 60.5 Å². The van der Waals surface area contributed by atoms with E-state index in [0.717, 1.165) is 48.6 Å². The van der Waals surface area contributed by atoms with Crippen molar-refractivity contribution < 1.29 is 23.7 Å². The van der Waals surface area contributed by atoms with Crippen molar-refractivity contribution >= 4 is 5.91 Å². The minimum absolute atomic E-state index is 0.126. The Hall–Kier alpha value is -2.93. The fourth-order valence-corrected chi connectivity index (χ4v) is 5.60. The number of likely N-dealkylation sites (tertiary alicyclic amines) is 1. The van der Waals surface area contributed by atoms with Gasteiger partial charge in [0.1, 0.15) is 0 Å². The van der Waals surface area contributed by atoms with Gasteiger partial charge in [-0.25, -0.2) is 0 Å². The van der Waals surface area contributed by atoms with E-state index in [1.165, 1.54) is 18.4 Å². The van der Waals surface area contributed by atoms with Crippen molar-refractivity contribution in [1.29, 1.82) is 0 Å². The highest BCUT2D eigenvalue weighted by Crippen LogP contribution is 2.34. The second-order valence-electron chi connectivity index (χ2n) is 9.45. The number of nitrogens with zero attached hydrogens (tertiary/aromatic N) is 2. The third kappa shape index (κ3) is 5.35. The van der Waals surface area contributed by atoms with Crippen LogP contribution in [0.15, 0.2) is 30.3 Å². The predicted octanol–water partition coefficient (Wildman–Crippen LogP) is 4.09. The number of carbonyl (C=O) groups excluding carboxylic acids is 1. The zero-order valence-electron chi connectivity index (χ0n) is 21.6. The molecule has 0 aliphatic carbocycles. The third-order valence-corrected chi connectivity index (χ3v) is 7.54. The fraction of sp³-hybridized carbons (Fsp3) is 0.536. The van der Waals surface area contributed by atoms with Crippen molar-refractivity contribution in [3.63, 3.8) is 0 Å². The highest BCUT2D eigenvalue weighted by atomic mass is 16.5. The summed E-state index contributed by atoms with van der Waals surface area (Å²) in [5.74, 6) is 3.06. The van der Waals surface area contributed by atoms with E-state index in [0.29, 0.717) is 30.5 Å². The molecule has 2 aromatic carbocycles. The fourth-order valence-electron chi connectivity index (χ4n) is 5.60. The standard InChI is InChI=1S/C28H38N2O5/c1-19(30-13-11-21-15-26(34-4)27(35-5)16-22(21)17-28(30)31)23-8-6-7-12-29(23)18-20-9-10-24(32-2)25(14-20)33-3/h9-10,14-16,19,23H,6-8,11-13,17-18H2,1-5H3. The Morgan fingerprint density at radius 3 is 2.20 bits per heavy atom. The van der Waals surface area contributed by atoms with Crippen LogP contribution >= 0.6 is 0 Å². The Morgan fingerprint density at radius 1 is 0.857 bits per heavy atom. The number of hydrogen-bond donors (Lipinski definition) is 0. The number of fused-ring (bicyclic) bond motifs is 1. The number of ether oxygens (including phenoxy) is 4. The van der Waals surface area contributed by atoms with Gasteiger partial charge in [0.2, 0.25) is 5.91 Å². The lowest BCUT2D eigenvalue weighted by Crippen LogP contribution is -2.54. The summed E-state index contributed by atoms with van der Waals surface area (Å²) in [6, 6.07) is 10.6. The van der Waals surface area contributed by atoms with Gasteiger partial charge in [-0.3, -0.25) is 9.69 Å². The number of hydrogen-bond acceptors (Lipinski definition) is 6. The zero-order valence-corrected chi connectivity index (χ0v) is 21.6. The van der Waals surface area contributed by atoms with E-state index in [9.17, 15) is 4.79 Å². The molecule has 0 spiro atoms. The normalized spacial score (nSPS) is 19.5. The number of methoxy groups -OCH3 is 4. The van der Waals surface area contributed by atoms with Crippen LogP contribution in [0.25, 0.3) is 0 Å². The Kier molecular flexibility index (Phi) is 8.06. The van der Waals surface area contributed by atoms with E-state index in [1.807, 2.05) is 18.2 Å². The molecule has 1 fully saturated rings. The lowest BCUT2D eigenvalue weighted by Gasteiger charge is -2.43. The first-order valence-corrected chi connectivity index (χ1v) is 12.5. The Balaban J connectivity index is 1.51. The molecule has 1 saturated heterocycles. The lowest BCUT2D eigenvalue weighted by atomic mass is 9.94. The monoisotopic (exact) mass is 482 g/mol. The van der Waals surface area contributed by atoms with Gasteiger partial charge in [-0.1, -0.05) is 12.5 Å². The molecule has 2 heterocycles. The summed E-state index contributed by atoms with van der Waals surface area (Å²) < 4.78 is 21.9. The van der Waals surface area contributed by atoms with Gasteiger partial charge in [-0.05, 0) is 73.7 Å². The average Bonchev–Trinajstić information content (AvgIpc) is 3.05. The van der Waals surface area contributed by atoms with Crippen molar-refractivity contribution in [3.8, 4) is 23.0 Å². The van der Waals surface area contributed by atoms with Gasteiger partial charge in [0.25, 0.3) is 0 Å². The molecule has 190 valence electrons. The molecule has 2 aliphatic rings. The van der Waals surface area contributed by atoms with Gasteiger partial charge in [0.05, 0.1) is 34.9 Å². The van der Waals surface area contributed by atoms with Gasteiger partial charge in [0.15, 0.2) is 23.0 Å². The largest absolute Gasteiger partial charge is 0.493 e. The molecule has 0 bridgehead atoms. The molecule has 2 aromatic rings. The Bertz CT molecular complexity index is 1040. The first kappa shape index (κ1) is 25.2. The predicted molar refractivity (Wildman–Crippen MR) is 136 cm³/mol. The van der Waals surface area contributed by atoms with E-state index in [1.54, 1.807) is 28.4 Å². The maximum atomic E-state index is 13.4. The molecule has 7 heteroatoms. The average molecular weight is 483 g/mol. The Labute approximate surface area is 208 Å². The van der Waals surface area contributed by atoms with Gasteiger partial charge >= 0.3 is 0 Å². The lowest BCUT2D eigenvalue weighted by molar-refractivity contribution is -0.134. The number of amides is 1. The molecule has 4 rings (SSSR count). The molecule has 1 amide bonds. The summed E-state index contributed by atoms with van der Waals surface area (Å²) in [5.41, 5.74) is 3.39. The van der Waals surface area contributed by atoms with Crippen LogP contribution in [0.4, 0.5) is 0 Å². The van der Waals surface area contributed by atoms with Crippen LogP contribution in [0.3, 0.4) is 0 Å². The summed E-state index contributed by atoms with van der Waals surface area (Å²) in [5, 5.41) is 0. The van der Waals surface area contributed by atoms with Gasteiger partial charge in [-0.15, -0.1) is 0 Å². The van der Waals surface area contributed by atoms with Crippen molar-refractivity contribution in [2.24, 2.45) is 0 Å². The maximum absolute atomic E-state index is 13.4. The molecular formula is C28H38N2O5. The van der Waals surface area contributed by atoms with Crippen LogP contribution in [0, 0.1) is 0 Å². The van der Waals surface area contributed by atoms with Gasteiger partial charge < -0.3 is 23.8 Å². The summed E-state index contributed by atoms with van der Waals surface area (Å²) in [6.45, 7) is 4.78. The van der Waals surface area contributed by atoms with E-state index in [-0.39, 0.29) is 11.9 Å². The van der Waals surface area contributed by atoms with Crippen LogP contribution in [0.5, 0.6) is 23.0 Å². The summed E-state index contributed by atoms with van der Waals surface area (Å²) >= 11 is 0. The highest BCUT2D eigenvalue weighted by molar-refractivity contribution is 5.80. The second kappa shape index (κ2) is 11.2. The van der Waals surface area contributed by atoms with E-state index < -0.39 is 0 Å². The number of piperidine rings is 1. The van der Waals surface area contributed by atoms with E-state index >= 15 is 0 Å². The van der Waals surface area contributed by atoms with Crippen LogP contribution in [0.1, 0.15) is 42.9 Å². The molecule has 0 aromatic heterocycles. The SMILES string of the molecule is COc1ccc(CN2CCCCC2C(C)N2CCc3cc(OC)c(OC)cc3CC2=O)cc1OC. The van der Waals surface area contributed by atoms with E-state index in [4.69, 9.17) is 18.9 Å². The molecule has 0 N–H and O–H groups in total. The van der Waals surface area contributed by atoms with Crippen LogP contribution in [0.2, 0.25) is 0 Å². The molecule has 0 saturated carbocycles. The molecule has 2 unspecified atom stereocenters. The summed E-state index contributed by atoms with van der Waals surface area (Å²) in [6.07, 6.45) is 4.66. The van der Waals surface area contributed by atoms with Crippen LogP contribution < -0.4 is 18.9 Å². The smallest absolute Gasteiger partial charge is 0.227 e. The number of benzene rings is 2. The van der Waals surface area contributed by atoms with Gasteiger partial charge in [-0.2, -0.15) is 0 Å². The van der Waals surface area contributed by atoms with Crippen molar-refractivity contribution in [2.75, 3.05) is 41.5 Å². The highest BCUT2D eigenvalue weighted by Gasteiger charge is 2.34. The quantitative estimate of drug-likeness (QED) is 0.565. The minimum atomic E-state index is 0.126. The Morgan fingerprint density at radius 2 is 1.51 bits per heavy atom. The minimum Gasteiger partial charge on any atom is -0.493 e. The molecular weight excluding hydrogens is 444 g/mol. The molecule has 35 heavy (non-hydrogen) atoms. The zero-order chi connectivity index (χ0) is 24.9. The molecule has 0 radical (unpaired) electrons. The summed E-state index contributed by atoms with van der Waals surface area (Å²) in [4.78, 5) is 18.1. The molecule has 7 nitrogen and oxygen atoms in total. The van der Waals surface area contributed by atoms with Crippen molar-refractivity contribution in [2.45, 2.75) is 57.7 Å². The van der Waals surface area contributed by atoms with Crippen molar-refractivity contribution in [1.82, 2.24) is 9.80 Å². The number of carbonyl (C=O) groups is 1. The van der Waals surface area contributed by atoms with Crippen molar-refractivity contribution in [3.05, 3.63) is 47.0 Å².